The average molecular weight is 326 g/mol. The molecular weight excluding hydrogens is 302 g/mol. The average Bonchev–Trinajstić information content (AvgIpc) is 2.36. The van der Waals surface area contributed by atoms with E-state index < -0.39 is 0 Å². The number of rotatable bonds is 7. The summed E-state index contributed by atoms with van der Waals surface area (Å²) in [5.41, 5.74) is 7.40. The van der Waals surface area contributed by atoms with Gasteiger partial charge in [0.15, 0.2) is 0 Å². The third-order valence-corrected chi connectivity index (χ3v) is 4.58. The minimum Gasteiger partial charge on any atom is -0.372 e. The fourth-order valence-corrected chi connectivity index (χ4v) is 2.92. The molecule has 1 aliphatic carbocycles. The molecule has 106 valence electrons. The first kappa shape index (κ1) is 15.0. The van der Waals surface area contributed by atoms with Gasteiger partial charge < -0.3 is 10.5 Å². The highest BCUT2D eigenvalue weighted by atomic mass is 79.9. The van der Waals surface area contributed by atoms with Crippen molar-refractivity contribution in [1.82, 2.24) is 0 Å². The number of benzene rings is 1. The molecule has 2 atom stereocenters. The van der Waals surface area contributed by atoms with Crippen LogP contribution in [0.3, 0.4) is 0 Å². The van der Waals surface area contributed by atoms with E-state index in [2.05, 4.69) is 35.0 Å². The predicted octanol–water partition coefficient (Wildman–Crippen LogP) is 4.43. The minimum absolute atomic E-state index is 0.0163. The van der Waals surface area contributed by atoms with Crippen molar-refractivity contribution < 1.29 is 4.74 Å². The molecule has 0 radical (unpaired) electrons. The molecule has 3 heteroatoms. The third-order valence-electron chi connectivity index (χ3n) is 4.09. The molecule has 0 aliphatic heterocycles. The van der Waals surface area contributed by atoms with E-state index in [4.69, 9.17) is 10.5 Å². The minimum atomic E-state index is 0.0163. The molecule has 2 N–H and O–H groups in total. The summed E-state index contributed by atoms with van der Waals surface area (Å²) in [5.74, 6) is 0.890. The Morgan fingerprint density at radius 3 is 2.79 bits per heavy atom. The van der Waals surface area contributed by atoms with Crippen molar-refractivity contribution in [3.63, 3.8) is 0 Å². The molecule has 0 bridgehead atoms. The Hall–Kier alpha value is -0.380. The molecule has 0 heterocycles. The van der Waals surface area contributed by atoms with Crippen molar-refractivity contribution in [2.45, 2.75) is 51.2 Å². The Balaban J connectivity index is 1.94. The standard InChI is InChI=1S/C16H24BrNO/c1-2-15(18)16(13-7-4-8-14(17)11-13)19-10-9-12-5-3-6-12/h4,7-8,11-12,15-16H,2-3,5-6,9-10,18H2,1H3. The fraction of sp³-hybridized carbons (Fsp3) is 0.625. The summed E-state index contributed by atoms with van der Waals surface area (Å²) >= 11 is 3.52. The van der Waals surface area contributed by atoms with Crippen LogP contribution < -0.4 is 5.73 Å². The lowest BCUT2D eigenvalue weighted by Gasteiger charge is -2.28. The second-order valence-corrected chi connectivity index (χ2v) is 6.42. The zero-order valence-corrected chi connectivity index (χ0v) is 13.2. The first-order valence-corrected chi connectivity index (χ1v) is 8.12. The van der Waals surface area contributed by atoms with Crippen LogP contribution in [0.25, 0.3) is 0 Å². The smallest absolute Gasteiger partial charge is 0.0975 e. The van der Waals surface area contributed by atoms with Crippen molar-refractivity contribution in [3.05, 3.63) is 34.3 Å². The van der Waals surface area contributed by atoms with Crippen LogP contribution in [0.1, 0.15) is 50.7 Å². The molecule has 1 saturated carbocycles. The Bertz CT molecular complexity index is 392. The van der Waals surface area contributed by atoms with Crippen LogP contribution in [0, 0.1) is 5.92 Å². The van der Waals surface area contributed by atoms with Crippen molar-refractivity contribution in [1.29, 1.82) is 0 Å². The van der Waals surface area contributed by atoms with Gasteiger partial charge in [-0.2, -0.15) is 0 Å². The highest BCUT2D eigenvalue weighted by Gasteiger charge is 2.21. The molecule has 0 saturated heterocycles. The van der Waals surface area contributed by atoms with Crippen LogP contribution in [0.2, 0.25) is 0 Å². The number of halogens is 1. The number of nitrogens with two attached hydrogens (primary N) is 1. The lowest BCUT2D eigenvalue weighted by Crippen LogP contribution is -2.30. The van der Waals surface area contributed by atoms with Crippen LogP contribution in [-0.2, 0) is 4.74 Å². The van der Waals surface area contributed by atoms with Crippen molar-refractivity contribution in [2.24, 2.45) is 11.7 Å². The molecule has 1 aromatic carbocycles. The Labute approximate surface area is 124 Å². The monoisotopic (exact) mass is 325 g/mol. The van der Waals surface area contributed by atoms with Gasteiger partial charge in [-0.25, -0.2) is 0 Å². The summed E-state index contributed by atoms with van der Waals surface area (Å²) in [6.07, 6.45) is 6.29. The Kier molecular flexibility index (Phi) is 5.86. The van der Waals surface area contributed by atoms with Crippen molar-refractivity contribution >= 4 is 15.9 Å². The molecule has 2 rings (SSSR count). The highest BCUT2D eigenvalue weighted by Crippen LogP contribution is 2.31. The van der Waals surface area contributed by atoms with E-state index in [1.54, 1.807) is 0 Å². The summed E-state index contributed by atoms with van der Waals surface area (Å²) in [5, 5.41) is 0. The van der Waals surface area contributed by atoms with Gasteiger partial charge in [0.05, 0.1) is 6.10 Å². The Morgan fingerprint density at radius 2 is 2.21 bits per heavy atom. The summed E-state index contributed by atoms with van der Waals surface area (Å²) in [7, 11) is 0. The van der Waals surface area contributed by atoms with E-state index in [0.29, 0.717) is 0 Å². The maximum atomic E-state index is 6.22. The molecule has 1 aromatic rings. The van der Waals surface area contributed by atoms with Crippen LogP contribution in [0.5, 0.6) is 0 Å². The molecule has 1 aliphatic rings. The van der Waals surface area contributed by atoms with Gasteiger partial charge in [0.1, 0.15) is 0 Å². The maximum absolute atomic E-state index is 6.22. The molecule has 0 aromatic heterocycles. The molecule has 2 unspecified atom stereocenters. The summed E-state index contributed by atoms with van der Waals surface area (Å²) in [6.45, 7) is 2.94. The van der Waals surface area contributed by atoms with Crippen LogP contribution in [-0.4, -0.2) is 12.6 Å². The van der Waals surface area contributed by atoms with Crippen LogP contribution in [0.15, 0.2) is 28.7 Å². The first-order chi connectivity index (χ1) is 9.20. The second-order valence-electron chi connectivity index (χ2n) is 5.50. The van der Waals surface area contributed by atoms with E-state index in [1.165, 1.54) is 31.2 Å². The molecule has 0 amide bonds. The topological polar surface area (TPSA) is 35.2 Å². The molecule has 1 fully saturated rings. The lowest BCUT2D eigenvalue weighted by molar-refractivity contribution is 0.0203. The van der Waals surface area contributed by atoms with E-state index in [0.717, 1.165) is 23.4 Å². The number of hydrogen-bond donors (Lipinski definition) is 1. The SMILES string of the molecule is CCC(N)C(OCCC1CCC1)c1cccc(Br)c1. The van der Waals surface area contributed by atoms with Gasteiger partial charge in [0, 0.05) is 17.1 Å². The van der Waals surface area contributed by atoms with E-state index in [-0.39, 0.29) is 12.1 Å². The molecule has 2 nitrogen and oxygen atoms in total. The maximum Gasteiger partial charge on any atom is 0.0975 e. The summed E-state index contributed by atoms with van der Waals surface area (Å²) < 4.78 is 7.18. The van der Waals surface area contributed by atoms with E-state index in [1.807, 2.05) is 12.1 Å². The molecular formula is C16H24BrNO. The summed E-state index contributed by atoms with van der Waals surface area (Å²) in [4.78, 5) is 0. The van der Waals surface area contributed by atoms with E-state index >= 15 is 0 Å². The quantitative estimate of drug-likeness (QED) is 0.804. The van der Waals surface area contributed by atoms with Gasteiger partial charge in [-0.15, -0.1) is 0 Å². The molecule has 19 heavy (non-hydrogen) atoms. The predicted molar refractivity (Wildman–Crippen MR) is 83.1 cm³/mol. The first-order valence-electron chi connectivity index (χ1n) is 7.33. The van der Waals surface area contributed by atoms with Crippen molar-refractivity contribution in [2.75, 3.05) is 6.61 Å². The summed E-state index contributed by atoms with van der Waals surface area (Å²) in [6, 6.07) is 8.37. The van der Waals surface area contributed by atoms with Gasteiger partial charge in [-0.3, -0.25) is 0 Å². The van der Waals surface area contributed by atoms with Gasteiger partial charge in [0.25, 0.3) is 0 Å². The van der Waals surface area contributed by atoms with Gasteiger partial charge in [-0.1, -0.05) is 54.2 Å². The lowest BCUT2D eigenvalue weighted by atomic mass is 9.83. The largest absolute Gasteiger partial charge is 0.372 e. The van der Waals surface area contributed by atoms with Gasteiger partial charge in [-0.05, 0) is 36.5 Å². The van der Waals surface area contributed by atoms with E-state index in [9.17, 15) is 0 Å². The third kappa shape index (κ3) is 4.30. The highest BCUT2D eigenvalue weighted by molar-refractivity contribution is 9.10. The second kappa shape index (κ2) is 7.41. The van der Waals surface area contributed by atoms with Gasteiger partial charge >= 0.3 is 0 Å². The van der Waals surface area contributed by atoms with Gasteiger partial charge in [0.2, 0.25) is 0 Å². The zero-order valence-electron chi connectivity index (χ0n) is 11.6. The zero-order chi connectivity index (χ0) is 13.7. The van der Waals surface area contributed by atoms with Crippen LogP contribution >= 0.6 is 15.9 Å². The van der Waals surface area contributed by atoms with Crippen molar-refractivity contribution in [3.8, 4) is 0 Å². The number of hydrogen-bond acceptors (Lipinski definition) is 2. The normalized spacial score (nSPS) is 18.9. The number of ether oxygens (including phenoxy) is 1. The Morgan fingerprint density at radius 1 is 1.42 bits per heavy atom. The fourth-order valence-electron chi connectivity index (χ4n) is 2.51. The molecule has 0 spiro atoms. The van der Waals surface area contributed by atoms with Crippen LogP contribution in [0.4, 0.5) is 0 Å².